The van der Waals surface area contributed by atoms with Gasteiger partial charge in [0.2, 0.25) is 5.28 Å². The van der Waals surface area contributed by atoms with Crippen LogP contribution in [-0.4, -0.2) is 34.8 Å². The lowest BCUT2D eigenvalue weighted by molar-refractivity contribution is 0.238. The first-order valence-electron chi connectivity index (χ1n) is 5.05. The summed E-state index contributed by atoms with van der Waals surface area (Å²) in [5.74, 6) is 1.25. The molecule has 1 N–H and O–H groups in total. The fourth-order valence-electron chi connectivity index (χ4n) is 1.91. The molecule has 0 saturated carbocycles. The molecule has 0 amide bonds. The Morgan fingerprint density at radius 3 is 3.13 bits per heavy atom. The van der Waals surface area contributed by atoms with Gasteiger partial charge in [0, 0.05) is 37.4 Å². The van der Waals surface area contributed by atoms with Crippen LogP contribution in [0.2, 0.25) is 5.28 Å². The van der Waals surface area contributed by atoms with Crippen LogP contribution in [0.3, 0.4) is 0 Å². The zero-order chi connectivity index (χ0) is 10.8. The van der Waals surface area contributed by atoms with E-state index in [2.05, 4.69) is 14.9 Å². The Hall–Kier alpha value is -0.870. The van der Waals surface area contributed by atoms with Crippen LogP contribution >= 0.6 is 11.6 Å². The molecular formula is C10H14ClN3O. The molecule has 5 heteroatoms. The Balaban J connectivity index is 2.19. The van der Waals surface area contributed by atoms with E-state index in [1.54, 1.807) is 6.20 Å². The molecule has 1 unspecified atom stereocenters. The minimum absolute atomic E-state index is 0.244. The van der Waals surface area contributed by atoms with Gasteiger partial charge < -0.3 is 10.0 Å². The van der Waals surface area contributed by atoms with E-state index in [4.69, 9.17) is 16.7 Å². The second-order valence-corrected chi connectivity index (χ2v) is 4.27. The second kappa shape index (κ2) is 4.33. The van der Waals surface area contributed by atoms with E-state index in [9.17, 15) is 0 Å². The first-order valence-corrected chi connectivity index (χ1v) is 5.43. The summed E-state index contributed by atoms with van der Waals surface area (Å²) in [5, 5.41) is 9.35. The number of rotatable bonds is 2. The Bertz CT molecular complexity index is 359. The van der Waals surface area contributed by atoms with Crippen molar-refractivity contribution in [3.8, 4) is 0 Å². The van der Waals surface area contributed by atoms with E-state index in [-0.39, 0.29) is 11.9 Å². The summed E-state index contributed by atoms with van der Waals surface area (Å²) in [6, 6.07) is 0. The van der Waals surface area contributed by atoms with Crippen molar-refractivity contribution >= 4 is 17.4 Å². The van der Waals surface area contributed by atoms with Gasteiger partial charge in [-0.15, -0.1) is 0 Å². The molecule has 0 bridgehead atoms. The zero-order valence-corrected chi connectivity index (χ0v) is 9.41. The molecule has 0 aromatic carbocycles. The molecule has 0 radical (unpaired) electrons. The number of aryl methyl sites for hydroxylation is 1. The lowest BCUT2D eigenvalue weighted by Crippen LogP contribution is -2.22. The van der Waals surface area contributed by atoms with Gasteiger partial charge in [0.15, 0.2) is 0 Å². The largest absolute Gasteiger partial charge is 0.396 e. The summed E-state index contributed by atoms with van der Waals surface area (Å²) >= 11 is 5.77. The van der Waals surface area contributed by atoms with Crippen molar-refractivity contribution in [3.63, 3.8) is 0 Å². The molecular weight excluding hydrogens is 214 g/mol. The van der Waals surface area contributed by atoms with E-state index in [0.29, 0.717) is 5.92 Å². The third kappa shape index (κ3) is 2.21. The molecule has 1 aromatic rings. The molecule has 1 atom stereocenters. The molecule has 1 fully saturated rings. The van der Waals surface area contributed by atoms with E-state index in [0.717, 1.165) is 30.9 Å². The van der Waals surface area contributed by atoms with Crippen molar-refractivity contribution in [3.05, 3.63) is 17.0 Å². The van der Waals surface area contributed by atoms with Gasteiger partial charge in [0.05, 0.1) is 0 Å². The number of anilines is 1. The van der Waals surface area contributed by atoms with Crippen LogP contribution in [0, 0.1) is 12.8 Å². The highest BCUT2D eigenvalue weighted by atomic mass is 35.5. The number of hydrogen-bond donors (Lipinski definition) is 1. The molecule has 4 nitrogen and oxygen atoms in total. The van der Waals surface area contributed by atoms with Gasteiger partial charge in [0.1, 0.15) is 5.82 Å². The fourth-order valence-corrected chi connectivity index (χ4v) is 2.04. The number of aromatic nitrogens is 2. The SMILES string of the molecule is Cc1cnc(Cl)nc1N1CCC(CO)C1. The van der Waals surface area contributed by atoms with Gasteiger partial charge in [-0.3, -0.25) is 0 Å². The minimum Gasteiger partial charge on any atom is -0.396 e. The third-order valence-electron chi connectivity index (χ3n) is 2.76. The van der Waals surface area contributed by atoms with Crippen molar-refractivity contribution < 1.29 is 5.11 Å². The monoisotopic (exact) mass is 227 g/mol. The van der Waals surface area contributed by atoms with Gasteiger partial charge in [-0.25, -0.2) is 9.97 Å². The molecule has 0 aliphatic carbocycles. The zero-order valence-electron chi connectivity index (χ0n) is 8.65. The molecule has 2 rings (SSSR count). The van der Waals surface area contributed by atoms with Crippen molar-refractivity contribution in [2.24, 2.45) is 5.92 Å². The number of nitrogens with zero attached hydrogens (tertiary/aromatic N) is 3. The summed E-state index contributed by atoms with van der Waals surface area (Å²) in [6.07, 6.45) is 2.74. The van der Waals surface area contributed by atoms with Gasteiger partial charge in [-0.2, -0.15) is 0 Å². The molecule has 2 heterocycles. The molecule has 1 aliphatic rings. The van der Waals surface area contributed by atoms with Crippen LogP contribution in [0.25, 0.3) is 0 Å². The van der Waals surface area contributed by atoms with Gasteiger partial charge in [0.25, 0.3) is 0 Å². The first kappa shape index (κ1) is 10.6. The molecule has 0 spiro atoms. The van der Waals surface area contributed by atoms with Gasteiger partial charge >= 0.3 is 0 Å². The first-order chi connectivity index (χ1) is 7.20. The second-order valence-electron chi connectivity index (χ2n) is 3.93. The summed E-state index contributed by atoms with van der Waals surface area (Å²) < 4.78 is 0. The van der Waals surface area contributed by atoms with E-state index >= 15 is 0 Å². The van der Waals surface area contributed by atoms with Crippen molar-refractivity contribution in [2.75, 3.05) is 24.6 Å². The maximum Gasteiger partial charge on any atom is 0.224 e. The Kier molecular flexibility index (Phi) is 3.07. The van der Waals surface area contributed by atoms with Crippen LogP contribution in [0.15, 0.2) is 6.20 Å². The summed E-state index contributed by atoms with van der Waals surface area (Å²) in [4.78, 5) is 10.3. The summed E-state index contributed by atoms with van der Waals surface area (Å²) in [7, 11) is 0. The van der Waals surface area contributed by atoms with Crippen molar-refractivity contribution in [1.29, 1.82) is 0 Å². The van der Waals surface area contributed by atoms with Crippen LogP contribution in [-0.2, 0) is 0 Å². The molecule has 1 aromatic heterocycles. The summed E-state index contributed by atoms with van der Waals surface area (Å²) in [5.41, 5.74) is 1.03. The standard InChI is InChI=1S/C10H14ClN3O/c1-7-4-12-10(11)13-9(7)14-3-2-8(5-14)6-15/h4,8,15H,2-3,5-6H2,1H3. The number of aliphatic hydroxyl groups is 1. The highest BCUT2D eigenvalue weighted by molar-refractivity contribution is 6.28. The van der Waals surface area contributed by atoms with E-state index in [1.807, 2.05) is 6.92 Å². The van der Waals surface area contributed by atoms with Crippen molar-refractivity contribution in [1.82, 2.24) is 9.97 Å². The number of halogens is 1. The highest BCUT2D eigenvalue weighted by Gasteiger charge is 2.24. The van der Waals surface area contributed by atoms with Crippen molar-refractivity contribution in [2.45, 2.75) is 13.3 Å². The Morgan fingerprint density at radius 1 is 1.67 bits per heavy atom. The lowest BCUT2D eigenvalue weighted by Gasteiger charge is -2.18. The maximum atomic E-state index is 9.07. The lowest BCUT2D eigenvalue weighted by atomic mass is 10.1. The van der Waals surface area contributed by atoms with Gasteiger partial charge in [-0.05, 0) is 24.9 Å². The van der Waals surface area contributed by atoms with Gasteiger partial charge in [-0.1, -0.05) is 0 Å². The maximum absolute atomic E-state index is 9.07. The molecule has 1 aliphatic heterocycles. The molecule has 82 valence electrons. The molecule has 15 heavy (non-hydrogen) atoms. The van der Waals surface area contributed by atoms with E-state index in [1.165, 1.54) is 0 Å². The molecule has 1 saturated heterocycles. The van der Waals surface area contributed by atoms with Crippen LogP contribution in [0.1, 0.15) is 12.0 Å². The Labute approximate surface area is 93.9 Å². The normalized spacial score (nSPS) is 21.0. The predicted octanol–water partition coefficient (Wildman–Crippen LogP) is 1.26. The third-order valence-corrected chi connectivity index (χ3v) is 2.94. The Morgan fingerprint density at radius 2 is 2.47 bits per heavy atom. The van der Waals surface area contributed by atoms with Crippen LogP contribution < -0.4 is 4.90 Å². The topological polar surface area (TPSA) is 49.2 Å². The smallest absolute Gasteiger partial charge is 0.224 e. The summed E-state index contributed by atoms with van der Waals surface area (Å²) in [6.45, 7) is 4.00. The number of hydrogen-bond acceptors (Lipinski definition) is 4. The average Bonchev–Trinajstić information content (AvgIpc) is 2.70. The fraction of sp³-hybridized carbons (Fsp3) is 0.600. The average molecular weight is 228 g/mol. The minimum atomic E-state index is 0.244. The highest BCUT2D eigenvalue weighted by Crippen LogP contribution is 2.25. The number of aliphatic hydroxyl groups excluding tert-OH is 1. The van der Waals surface area contributed by atoms with E-state index < -0.39 is 0 Å². The quantitative estimate of drug-likeness (QED) is 0.773. The van der Waals surface area contributed by atoms with Crippen LogP contribution in [0.4, 0.5) is 5.82 Å². The predicted molar refractivity (Wildman–Crippen MR) is 59.2 cm³/mol. The van der Waals surface area contributed by atoms with Crippen LogP contribution in [0.5, 0.6) is 0 Å².